The zero-order valence-corrected chi connectivity index (χ0v) is 5.33. The molecule has 0 unspecified atom stereocenters. The molecule has 0 atom stereocenters. The second-order valence-electron chi connectivity index (χ2n) is 1.53. The van der Waals surface area contributed by atoms with Gasteiger partial charge in [0.2, 0.25) is 0 Å². The van der Waals surface area contributed by atoms with Crippen molar-refractivity contribution >= 4 is 12.6 Å². The molecule has 0 saturated carbocycles. The quantitative estimate of drug-likeness (QED) is 0.314. The zero-order valence-electron chi connectivity index (χ0n) is 5.33. The Hall–Kier alpha value is -1.52. The van der Waals surface area contributed by atoms with Crippen molar-refractivity contribution in [2.75, 3.05) is 6.54 Å². The van der Waals surface area contributed by atoms with E-state index in [4.69, 9.17) is 11.5 Å². The minimum absolute atomic E-state index is 0.0337. The first-order valence-corrected chi connectivity index (χ1v) is 2.60. The topological polar surface area (TPSA) is 98.2 Å². The summed E-state index contributed by atoms with van der Waals surface area (Å²) in [6.07, 6.45) is 1.06. The minimum Gasteiger partial charge on any atom is -0.384 e. The Morgan fingerprint density at radius 1 is 1.40 bits per heavy atom. The highest BCUT2D eigenvalue weighted by atomic mass is 16.1. The van der Waals surface area contributed by atoms with Crippen LogP contribution in [0.25, 0.3) is 0 Å². The molecule has 0 aromatic carbocycles. The molecule has 5 N–H and O–H groups in total. The summed E-state index contributed by atoms with van der Waals surface area (Å²) < 4.78 is 0. The van der Waals surface area contributed by atoms with Gasteiger partial charge in [0.05, 0.1) is 6.54 Å². The van der Waals surface area contributed by atoms with Gasteiger partial charge in [-0.2, -0.15) is 0 Å². The third-order valence-electron chi connectivity index (χ3n) is 0.805. The summed E-state index contributed by atoms with van der Waals surface area (Å²) in [5.74, 6) is -0.114. The van der Waals surface area contributed by atoms with Crippen LogP contribution in [0, 0.1) is 0 Å². The van der Waals surface area contributed by atoms with E-state index in [-0.39, 0.29) is 18.1 Å². The lowest BCUT2D eigenvalue weighted by Gasteiger charge is -2.00. The molecule has 0 rings (SSSR count). The molecular formula is C5H9N3O2. The lowest BCUT2D eigenvalue weighted by atomic mass is 10.4. The van der Waals surface area contributed by atoms with Crippen LogP contribution in [0.15, 0.2) is 11.5 Å². The van der Waals surface area contributed by atoms with Gasteiger partial charge >= 0.3 is 0 Å². The van der Waals surface area contributed by atoms with E-state index >= 15 is 0 Å². The number of nitrogens with two attached hydrogens (primary N) is 2. The van der Waals surface area contributed by atoms with Gasteiger partial charge < -0.3 is 21.6 Å². The Balaban J connectivity index is 3.96. The van der Waals surface area contributed by atoms with Gasteiger partial charge in [-0.15, -0.1) is 0 Å². The number of aldehydes is 2. The smallest absolute Gasteiger partial charge is 0.169 e. The molecule has 0 aromatic rings. The van der Waals surface area contributed by atoms with Crippen molar-refractivity contribution in [2.45, 2.75) is 0 Å². The highest BCUT2D eigenvalue weighted by Gasteiger charge is 1.95. The second-order valence-corrected chi connectivity index (χ2v) is 1.53. The van der Waals surface area contributed by atoms with E-state index in [1.54, 1.807) is 0 Å². The summed E-state index contributed by atoms with van der Waals surface area (Å²) in [6.45, 7) is 0.0337. The molecule has 0 aliphatic carbocycles. The lowest BCUT2D eigenvalue weighted by Crippen LogP contribution is -2.24. The van der Waals surface area contributed by atoms with Crippen LogP contribution in [-0.4, -0.2) is 19.1 Å². The Morgan fingerprint density at radius 3 is 2.30 bits per heavy atom. The first-order valence-electron chi connectivity index (χ1n) is 2.60. The van der Waals surface area contributed by atoms with E-state index in [1.807, 2.05) is 0 Å². The van der Waals surface area contributed by atoms with Gasteiger partial charge in [-0.3, -0.25) is 4.79 Å². The fraction of sp³-hybridized carbons (Fsp3) is 0.200. The van der Waals surface area contributed by atoms with Crippen LogP contribution in [0.5, 0.6) is 0 Å². The predicted molar refractivity (Wildman–Crippen MR) is 35.5 cm³/mol. The summed E-state index contributed by atoms with van der Waals surface area (Å²) in [5.41, 5.74) is 10.1. The molecule has 0 fully saturated rings. The highest BCUT2D eigenvalue weighted by Crippen LogP contribution is 1.80. The largest absolute Gasteiger partial charge is 0.384 e. The number of allylic oxidation sites excluding steroid dienone is 1. The van der Waals surface area contributed by atoms with Gasteiger partial charge in [0.25, 0.3) is 0 Å². The lowest BCUT2D eigenvalue weighted by molar-refractivity contribution is -0.107. The molecule has 0 spiro atoms. The molecule has 0 radical (unpaired) electrons. The van der Waals surface area contributed by atoms with E-state index in [9.17, 15) is 9.59 Å². The van der Waals surface area contributed by atoms with Crippen LogP contribution in [0.2, 0.25) is 0 Å². The first-order chi connectivity index (χ1) is 4.72. The van der Waals surface area contributed by atoms with Crippen molar-refractivity contribution in [3.05, 3.63) is 11.5 Å². The Bertz CT molecular complexity index is 160. The zero-order chi connectivity index (χ0) is 7.98. The molecule has 0 aromatic heterocycles. The summed E-state index contributed by atoms with van der Waals surface area (Å²) in [6, 6.07) is 0. The van der Waals surface area contributed by atoms with Gasteiger partial charge in [-0.1, -0.05) is 0 Å². The molecule has 0 bridgehead atoms. The molecule has 0 saturated heterocycles. The SMILES string of the molecule is NC(N)=C(C=O)NCC=O. The van der Waals surface area contributed by atoms with Gasteiger partial charge in [0.15, 0.2) is 6.29 Å². The van der Waals surface area contributed by atoms with Gasteiger partial charge in [-0.05, 0) is 0 Å². The van der Waals surface area contributed by atoms with Gasteiger partial charge in [0, 0.05) is 0 Å². The van der Waals surface area contributed by atoms with E-state index in [0.29, 0.717) is 12.6 Å². The van der Waals surface area contributed by atoms with Crippen molar-refractivity contribution in [1.29, 1.82) is 0 Å². The van der Waals surface area contributed by atoms with Crippen LogP contribution in [-0.2, 0) is 9.59 Å². The third-order valence-corrected chi connectivity index (χ3v) is 0.805. The van der Waals surface area contributed by atoms with E-state index in [0.717, 1.165) is 0 Å². The van der Waals surface area contributed by atoms with Crippen LogP contribution < -0.4 is 16.8 Å². The van der Waals surface area contributed by atoms with E-state index in [1.165, 1.54) is 0 Å². The first kappa shape index (κ1) is 8.48. The molecule has 10 heavy (non-hydrogen) atoms. The Labute approximate surface area is 58.1 Å². The maximum Gasteiger partial charge on any atom is 0.169 e. The number of rotatable bonds is 4. The predicted octanol–water partition coefficient (Wildman–Crippen LogP) is -1.94. The third kappa shape index (κ3) is 2.71. The summed E-state index contributed by atoms with van der Waals surface area (Å²) in [5, 5.41) is 2.41. The number of hydrogen-bond donors (Lipinski definition) is 3. The molecule has 0 amide bonds. The molecule has 0 aliphatic rings. The fourth-order valence-electron chi connectivity index (χ4n) is 0.363. The number of carbonyl (C=O) groups excluding carboxylic acids is 2. The second kappa shape index (κ2) is 4.37. The summed E-state index contributed by atoms with van der Waals surface area (Å²) in [7, 11) is 0. The van der Waals surface area contributed by atoms with Crippen LogP contribution >= 0.6 is 0 Å². The molecule has 0 heterocycles. The van der Waals surface area contributed by atoms with E-state index < -0.39 is 0 Å². The maximum atomic E-state index is 10.1. The average molecular weight is 143 g/mol. The standard InChI is InChI=1S/C5H9N3O2/c6-5(7)4(3-10)8-1-2-9/h2-3,8H,1,6-7H2. The fourth-order valence-corrected chi connectivity index (χ4v) is 0.363. The van der Waals surface area contributed by atoms with Crippen molar-refractivity contribution in [1.82, 2.24) is 5.32 Å². The van der Waals surface area contributed by atoms with Crippen molar-refractivity contribution in [2.24, 2.45) is 11.5 Å². The number of carbonyl (C=O) groups is 2. The van der Waals surface area contributed by atoms with Crippen molar-refractivity contribution in [3.63, 3.8) is 0 Å². The van der Waals surface area contributed by atoms with Gasteiger partial charge in [0.1, 0.15) is 17.8 Å². The monoisotopic (exact) mass is 143 g/mol. The van der Waals surface area contributed by atoms with Crippen molar-refractivity contribution in [3.8, 4) is 0 Å². The Kier molecular flexibility index (Phi) is 3.70. The molecule has 0 aliphatic heterocycles. The van der Waals surface area contributed by atoms with Crippen LogP contribution in [0.4, 0.5) is 0 Å². The van der Waals surface area contributed by atoms with Gasteiger partial charge in [-0.25, -0.2) is 0 Å². The van der Waals surface area contributed by atoms with Crippen LogP contribution in [0.1, 0.15) is 0 Å². The highest BCUT2D eigenvalue weighted by molar-refractivity contribution is 5.74. The molecular weight excluding hydrogens is 134 g/mol. The normalized spacial score (nSPS) is 8.00. The van der Waals surface area contributed by atoms with E-state index in [2.05, 4.69) is 5.32 Å². The summed E-state index contributed by atoms with van der Waals surface area (Å²) >= 11 is 0. The molecule has 5 nitrogen and oxygen atoms in total. The van der Waals surface area contributed by atoms with Crippen LogP contribution in [0.3, 0.4) is 0 Å². The minimum atomic E-state index is -0.114. The molecule has 5 heteroatoms. The number of hydrogen-bond acceptors (Lipinski definition) is 5. The number of nitrogens with one attached hydrogen (secondary N) is 1. The molecule has 56 valence electrons. The maximum absolute atomic E-state index is 10.1. The van der Waals surface area contributed by atoms with Crippen molar-refractivity contribution < 1.29 is 9.59 Å². The Morgan fingerprint density at radius 2 is 2.00 bits per heavy atom. The average Bonchev–Trinajstić information content (AvgIpc) is 1.89. The summed E-state index contributed by atoms with van der Waals surface area (Å²) in [4.78, 5) is 19.8.